The molecule has 0 radical (unpaired) electrons. The van der Waals surface area contributed by atoms with Gasteiger partial charge in [0.2, 0.25) is 5.75 Å². The zero-order chi connectivity index (χ0) is 22.0. The zero-order valence-electron chi connectivity index (χ0n) is 17.0. The van der Waals surface area contributed by atoms with E-state index in [9.17, 15) is 9.59 Å². The molecule has 0 unspecified atom stereocenters. The summed E-state index contributed by atoms with van der Waals surface area (Å²) in [6.07, 6.45) is 0. The second kappa shape index (κ2) is 8.53. The topological polar surface area (TPSA) is 84.2 Å². The van der Waals surface area contributed by atoms with E-state index in [1.165, 1.54) is 44.8 Å². The maximum atomic E-state index is 12.8. The highest BCUT2D eigenvalue weighted by Crippen LogP contribution is 2.41. The lowest BCUT2D eigenvalue weighted by molar-refractivity contribution is 0.0740. The van der Waals surface area contributed by atoms with Gasteiger partial charge in [-0.25, -0.2) is 4.79 Å². The highest BCUT2D eigenvalue weighted by Gasteiger charge is 2.17. The molecule has 8 heteroatoms. The van der Waals surface area contributed by atoms with Crippen LogP contribution in [0.1, 0.15) is 9.67 Å². The molecule has 0 aliphatic carbocycles. The van der Waals surface area contributed by atoms with Gasteiger partial charge in [0.1, 0.15) is 22.0 Å². The number of thiophene rings is 1. The highest BCUT2D eigenvalue weighted by molar-refractivity contribution is 7.12. The standard InChI is InChI=1S/C23H18O7S/c1-26-19-9-13(10-20(27-2)22(19)28-3)18-12-16(24)15-11-14(6-7-17(15)30-18)29-23(25)21-5-4-8-31-21/h4-12H,1-3H3. The predicted octanol–water partition coefficient (Wildman–Crippen LogP) is 4.77. The lowest BCUT2D eigenvalue weighted by atomic mass is 10.1. The van der Waals surface area contributed by atoms with Crippen LogP contribution in [0.25, 0.3) is 22.3 Å². The predicted molar refractivity (Wildman–Crippen MR) is 117 cm³/mol. The molecule has 0 saturated heterocycles. The van der Waals surface area contributed by atoms with Gasteiger partial charge in [0.25, 0.3) is 0 Å². The molecular weight excluding hydrogens is 420 g/mol. The largest absolute Gasteiger partial charge is 0.493 e. The summed E-state index contributed by atoms with van der Waals surface area (Å²) in [7, 11) is 4.53. The van der Waals surface area contributed by atoms with Crippen LogP contribution in [0.3, 0.4) is 0 Å². The molecule has 0 fully saturated rings. The van der Waals surface area contributed by atoms with Crippen LogP contribution in [-0.2, 0) is 0 Å². The molecule has 2 aromatic carbocycles. The van der Waals surface area contributed by atoms with E-state index in [2.05, 4.69) is 0 Å². The Morgan fingerprint density at radius 2 is 1.68 bits per heavy atom. The molecule has 0 bridgehead atoms. The van der Waals surface area contributed by atoms with Gasteiger partial charge in [-0.05, 0) is 41.8 Å². The molecule has 4 aromatic rings. The Labute approximate surface area is 181 Å². The summed E-state index contributed by atoms with van der Waals surface area (Å²) in [5.74, 6) is 1.44. The number of esters is 1. The number of hydrogen-bond acceptors (Lipinski definition) is 8. The number of rotatable bonds is 6. The van der Waals surface area contributed by atoms with Crippen molar-refractivity contribution in [2.24, 2.45) is 0 Å². The minimum absolute atomic E-state index is 0.263. The Morgan fingerprint density at radius 1 is 0.935 bits per heavy atom. The molecule has 0 aliphatic heterocycles. The molecule has 4 rings (SSSR count). The quantitative estimate of drug-likeness (QED) is 0.317. The van der Waals surface area contributed by atoms with E-state index < -0.39 is 5.97 Å². The Morgan fingerprint density at radius 3 is 2.29 bits per heavy atom. The van der Waals surface area contributed by atoms with E-state index in [-0.39, 0.29) is 11.2 Å². The van der Waals surface area contributed by atoms with Crippen LogP contribution in [0.5, 0.6) is 23.0 Å². The van der Waals surface area contributed by atoms with Gasteiger partial charge in [-0.15, -0.1) is 11.3 Å². The number of ether oxygens (including phenoxy) is 4. The number of carbonyl (C=O) groups excluding carboxylic acids is 1. The summed E-state index contributed by atoms with van der Waals surface area (Å²) < 4.78 is 27.4. The third-order valence-corrected chi connectivity index (χ3v) is 5.43. The molecule has 158 valence electrons. The molecule has 0 saturated carbocycles. The third kappa shape index (κ3) is 3.97. The van der Waals surface area contributed by atoms with Crippen LogP contribution in [0.2, 0.25) is 0 Å². The van der Waals surface area contributed by atoms with Crippen LogP contribution < -0.4 is 24.4 Å². The fourth-order valence-electron chi connectivity index (χ4n) is 3.12. The Bertz CT molecular complexity index is 1280. The van der Waals surface area contributed by atoms with Gasteiger partial charge in [-0.1, -0.05) is 6.07 Å². The normalized spacial score (nSPS) is 10.7. The zero-order valence-corrected chi connectivity index (χ0v) is 17.8. The van der Waals surface area contributed by atoms with E-state index in [4.69, 9.17) is 23.4 Å². The fourth-order valence-corrected chi connectivity index (χ4v) is 3.72. The van der Waals surface area contributed by atoms with Gasteiger partial charge in [0, 0.05) is 11.6 Å². The monoisotopic (exact) mass is 438 g/mol. The summed E-state index contributed by atoms with van der Waals surface area (Å²) in [4.78, 5) is 25.4. The second-order valence-electron chi connectivity index (χ2n) is 6.41. The van der Waals surface area contributed by atoms with Crippen molar-refractivity contribution in [2.75, 3.05) is 21.3 Å². The Kier molecular flexibility index (Phi) is 5.64. The first kappa shape index (κ1) is 20.5. The van der Waals surface area contributed by atoms with Gasteiger partial charge >= 0.3 is 5.97 Å². The van der Waals surface area contributed by atoms with Crippen molar-refractivity contribution in [3.05, 3.63) is 69.0 Å². The molecule has 7 nitrogen and oxygen atoms in total. The first-order chi connectivity index (χ1) is 15.0. The lowest BCUT2D eigenvalue weighted by Crippen LogP contribution is -2.07. The molecule has 2 aromatic heterocycles. The van der Waals surface area contributed by atoms with Gasteiger partial charge < -0.3 is 23.4 Å². The average Bonchev–Trinajstić information content (AvgIpc) is 3.33. The maximum Gasteiger partial charge on any atom is 0.353 e. The minimum Gasteiger partial charge on any atom is -0.493 e. The SMILES string of the molecule is COc1cc(-c2cc(=O)c3cc(OC(=O)c4cccs4)ccc3o2)cc(OC)c1OC. The number of methoxy groups -OCH3 is 3. The number of hydrogen-bond donors (Lipinski definition) is 0. The van der Waals surface area contributed by atoms with Crippen molar-refractivity contribution in [1.29, 1.82) is 0 Å². The van der Waals surface area contributed by atoms with Crippen LogP contribution in [0.15, 0.2) is 63.1 Å². The van der Waals surface area contributed by atoms with Gasteiger partial charge in [-0.2, -0.15) is 0 Å². The van der Waals surface area contributed by atoms with Crippen LogP contribution in [-0.4, -0.2) is 27.3 Å². The Hall–Kier alpha value is -3.78. The van der Waals surface area contributed by atoms with Gasteiger partial charge in [-0.3, -0.25) is 4.79 Å². The Balaban J connectivity index is 1.73. The van der Waals surface area contributed by atoms with Crippen molar-refractivity contribution in [2.45, 2.75) is 0 Å². The molecule has 0 spiro atoms. The third-order valence-electron chi connectivity index (χ3n) is 4.58. The maximum absolute atomic E-state index is 12.8. The van der Waals surface area contributed by atoms with Crippen molar-refractivity contribution in [3.8, 4) is 34.3 Å². The highest BCUT2D eigenvalue weighted by atomic mass is 32.1. The first-order valence-electron chi connectivity index (χ1n) is 9.18. The average molecular weight is 438 g/mol. The van der Waals surface area contributed by atoms with Crippen molar-refractivity contribution in [3.63, 3.8) is 0 Å². The molecule has 31 heavy (non-hydrogen) atoms. The summed E-state index contributed by atoms with van der Waals surface area (Å²) in [5, 5.41) is 2.09. The van der Waals surface area contributed by atoms with E-state index >= 15 is 0 Å². The summed E-state index contributed by atoms with van der Waals surface area (Å²) >= 11 is 1.28. The summed E-state index contributed by atoms with van der Waals surface area (Å²) in [6.45, 7) is 0. The van der Waals surface area contributed by atoms with Crippen LogP contribution >= 0.6 is 11.3 Å². The summed E-state index contributed by atoms with van der Waals surface area (Å²) in [6, 6.07) is 12.9. The molecule has 0 aliphatic rings. The van der Waals surface area contributed by atoms with Crippen LogP contribution in [0.4, 0.5) is 0 Å². The van der Waals surface area contributed by atoms with Gasteiger partial charge in [0.15, 0.2) is 16.9 Å². The number of benzene rings is 2. The van der Waals surface area contributed by atoms with E-state index in [1.54, 1.807) is 41.8 Å². The van der Waals surface area contributed by atoms with Crippen LogP contribution in [0, 0.1) is 0 Å². The summed E-state index contributed by atoms with van der Waals surface area (Å²) in [5.41, 5.74) is 0.660. The van der Waals surface area contributed by atoms with Gasteiger partial charge in [0.05, 0.1) is 26.7 Å². The lowest BCUT2D eigenvalue weighted by Gasteiger charge is -2.14. The molecule has 2 heterocycles. The molecule has 0 atom stereocenters. The first-order valence-corrected chi connectivity index (χ1v) is 10.1. The van der Waals surface area contributed by atoms with E-state index in [1.807, 2.05) is 0 Å². The van der Waals surface area contributed by atoms with E-state index in [0.29, 0.717) is 44.4 Å². The van der Waals surface area contributed by atoms with E-state index in [0.717, 1.165) is 0 Å². The van der Waals surface area contributed by atoms with Crippen molar-refractivity contribution >= 4 is 28.3 Å². The van der Waals surface area contributed by atoms with Crippen molar-refractivity contribution < 1.29 is 28.2 Å². The van der Waals surface area contributed by atoms with Crippen molar-refractivity contribution in [1.82, 2.24) is 0 Å². The second-order valence-corrected chi connectivity index (χ2v) is 7.36. The number of fused-ring (bicyclic) bond motifs is 1. The molecule has 0 amide bonds. The molecule has 0 N–H and O–H groups in total. The smallest absolute Gasteiger partial charge is 0.353 e. The molecular formula is C23H18O7S. The fraction of sp³-hybridized carbons (Fsp3) is 0.130. The minimum atomic E-state index is -0.479. The number of carbonyl (C=O) groups is 1.